The van der Waals surface area contributed by atoms with E-state index >= 15 is 0 Å². The van der Waals surface area contributed by atoms with Crippen LogP contribution < -0.4 is 4.72 Å². The molecule has 156 valence electrons. The maximum absolute atomic E-state index is 12.8. The van der Waals surface area contributed by atoms with Crippen LogP contribution in [-0.4, -0.2) is 26.0 Å². The third kappa shape index (κ3) is 5.79. The number of halogens is 2. The van der Waals surface area contributed by atoms with Gasteiger partial charge in [-0.1, -0.05) is 53.5 Å². The van der Waals surface area contributed by atoms with Crippen molar-refractivity contribution in [2.45, 2.75) is 17.4 Å². The predicted octanol–water partition coefficient (Wildman–Crippen LogP) is 4.66. The van der Waals surface area contributed by atoms with Gasteiger partial charge in [0.05, 0.1) is 23.1 Å². The van der Waals surface area contributed by atoms with E-state index in [-0.39, 0.29) is 28.6 Å². The standard InChI is InChI=1S/C21H18Cl2N2O4S/c22-16-8-10-17(11-9-16)30(27,28)25-19(15-5-2-1-3-6-15)12-14-29-21(26)18-7-4-13-24-20(18)23/h1-11,13,19,25H,12,14H2/t19-/m1/s1. The summed E-state index contributed by atoms with van der Waals surface area (Å²) in [4.78, 5) is 16.2. The van der Waals surface area contributed by atoms with E-state index in [0.29, 0.717) is 5.02 Å². The Kier molecular flexibility index (Phi) is 7.44. The summed E-state index contributed by atoms with van der Waals surface area (Å²) in [5, 5.41) is 0.486. The van der Waals surface area contributed by atoms with Crippen molar-refractivity contribution in [2.75, 3.05) is 6.61 Å². The Bertz CT molecular complexity index is 1110. The first-order valence-electron chi connectivity index (χ1n) is 8.97. The zero-order chi connectivity index (χ0) is 21.6. The highest BCUT2D eigenvalue weighted by atomic mass is 35.5. The molecule has 0 aliphatic heterocycles. The van der Waals surface area contributed by atoms with Crippen molar-refractivity contribution < 1.29 is 17.9 Å². The maximum atomic E-state index is 12.8. The summed E-state index contributed by atoms with van der Waals surface area (Å²) in [6, 6.07) is 17.4. The second-order valence-electron chi connectivity index (χ2n) is 6.30. The molecule has 1 aromatic heterocycles. The van der Waals surface area contributed by atoms with Crippen LogP contribution in [0.1, 0.15) is 28.4 Å². The number of benzene rings is 2. The quantitative estimate of drug-likeness (QED) is 0.387. The van der Waals surface area contributed by atoms with Gasteiger partial charge in [-0.3, -0.25) is 0 Å². The maximum Gasteiger partial charge on any atom is 0.341 e. The van der Waals surface area contributed by atoms with Crippen LogP contribution in [0.5, 0.6) is 0 Å². The van der Waals surface area contributed by atoms with Gasteiger partial charge < -0.3 is 4.74 Å². The average molecular weight is 465 g/mol. The number of pyridine rings is 1. The lowest BCUT2D eigenvalue weighted by molar-refractivity contribution is 0.0491. The van der Waals surface area contributed by atoms with Crippen molar-refractivity contribution in [2.24, 2.45) is 0 Å². The van der Waals surface area contributed by atoms with Crippen LogP contribution in [0.3, 0.4) is 0 Å². The number of ether oxygens (including phenoxy) is 1. The highest BCUT2D eigenvalue weighted by Gasteiger charge is 2.22. The van der Waals surface area contributed by atoms with Gasteiger partial charge in [-0.15, -0.1) is 0 Å². The number of hydrogen-bond acceptors (Lipinski definition) is 5. The van der Waals surface area contributed by atoms with Crippen molar-refractivity contribution in [3.8, 4) is 0 Å². The lowest BCUT2D eigenvalue weighted by atomic mass is 10.1. The van der Waals surface area contributed by atoms with Crippen LogP contribution in [0.2, 0.25) is 10.2 Å². The van der Waals surface area contributed by atoms with Crippen LogP contribution in [0, 0.1) is 0 Å². The molecule has 0 aliphatic carbocycles. The first kappa shape index (κ1) is 22.2. The Morgan fingerprint density at radius 3 is 2.37 bits per heavy atom. The van der Waals surface area contributed by atoms with Gasteiger partial charge in [0.15, 0.2) is 0 Å². The fourth-order valence-corrected chi connectivity index (χ4v) is 4.32. The number of nitrogens with zero attached hydrogens (tertiary/aromatic N) is 1. The SMILES string of the molecule is O=C(OCC[C@@H](NS(=O)(=O)c1ccc(Cl)cc1)c1ccccc1)c1cccnc1Cl. The molecule has 9 heteroatoms. The Labute approximate surface area is 184 Å². The molecule has 3 rings (SSSR count). The minimum Gasteiger partial charge on any atom is -0.462 e. The zero-order valence-electron chi connectivity index (χ0n) is 15.7. The Hall–Kier alpha value is -2.45. The van der Waals surface area contributed by atoms with Gasteiger partial charge in [-0.25, -0.2) is 22.9 Å². The van der Waals surface area contributed by atoms with Crippen molar-refractivity contribution in [3.05, 3.63) is 94.2 Å². The van der Waals surface area contributed by atoms with Gasteiger partial charge in [-0.2, -0.15) is 0 Å². The van der Waals surface area contributed by atoms with Gasteiger partial charge in [-0.05, 0) is 42.0 Å². The van der Waals surface area contributed by atoms with E-state index in [0.717, 1.165) is 5.56 Å². The molecule has 0 unspecified atom stereocenters. The van der Waals surface area contributed by atoms with Crippen LogP contribution in [0.15, 0.2) is 77.8 Å². The van der Waals surface area contributed by atoms with E-state index in [4.69, 9.17) is 27.9 Å². The molecule has 0 amide bonds. The molecule has 0 saturated heterocycles. The number of nitrogens with one attached hydrogen (secondary N) is 1. The van der Waals surface area contributed by atoms with Crippen molar-refractivity contribution >= 4 is 39.2 Å². The first-order chi connectivity index (χ1) is 14.4. The summed E-state index contributed by atoms with van der Waals surface area (Å²) in [5.74, 6) is -0.625. The van der Waals surface area contributed by atoms with E-state index in [1.807, 2.05) is 6.07 Å². The number of carbonyl (C=O) groups excluding carboxylic acids is 1. The van der Waals surface area contributed by atoms with Gasteiger partial charge in [0, 0.05) is 17.6 Å². The summed E-state index contributed by atoms with van der Waals surface area (Å²) in [7, 11) is -3.81. The largest absolute Gasteiger partial charge is 0.462 e. The molecule has 3 aromatic rings. The van der Waals surface area contributed by atoms with Gasteiger partial charge in [0.2, 0.25) is 10.0 Å². The van der Waals surface area contributed by atoms with Crippen LogP contribution >= 0.6 is 23.2 Å². The van der Waals surface area contributed by atoms with Crippen molar-refractivity contribution in [3.63, 3.8) is 0 Å². The number of carbonyl (C=O) groups is 1. The number of rotatable bonds is 8. The van der Waals surface area contributed by atoms with Gasteiger partial charge in [0.1, 0.15) is 5.15 Å². The van der Waals surface area contributed by atoms with Crippen LogP contribution in [-0.2, 0) is 14.8 Å². The Morgan fingerprint density at radius 2 is 1.70 bits per heavy atom. The molecule has 1 atom stereocenters. The van der Waals surface area contributed by atoms with E-state index in [1.54, 1.807) is 30.3 Å². The molecular weight excluding hydrogens is 447 g/mol. The van der Waals surface area contributed by atoms with Crippen LogP contribution in [0.4, 0.5) is 0 Å². The average Bonchev–Trinajstić information content (AvgIpc) is 2.74. The normalized spacial score (nSPS) is 12.3. The molecule has 0 fully saturated rings. The molecule has 1 heterocycles. The van der Waals surface area contributed by atoms with Crippen LogP contribution in [0.25, 0.3) is 0 Å². The molecule has 0 radical (unpaired) electrons. The molecule has 0 aliphatic rings. The third-order valence-corrected chi connectivity index (χ3v) is 6.28. The van der Waals surface area contributed by atoms with E-state index in [1.165, 1.54) is 36.5 Å². The number of esters is 1. The second-order valence-corrected chi connectivity index (χ2v) is 8.81. The number of hydrogen-bond donors (Lipinski definition) is 1. The molecule has 0 spiro atoms. The van der Waals surface area contributed by atoms with Crippen molar-refractivity contribution in [1.29, 1.82) is 0 Å². The second kappa shape index (κ2) is 10.0. The van der Waals surface area contributed by atoms with E-state index in [2.05, 4.69) is 9.71 Å². The lowest BCUT2D eigenvalue weighted by Crippen LogP contribution is -2.29. The fourth-order valence-electron chi connectivity index (χ4n) is 2.73. The molecule has 0 bridgehead atoms. The number of aromatic nitrogens is 1. The summed E-state index contributed by atoms with van der Waals surface area (Å²) in [6.07, 6.45) is 1.69. The molecule has 1 N–H and O–H groups in total. The summed E-state index contributed by atoms with van der Waals surface area (Å²) >= 11 is 11.8. The molecule has 0 saturated carbocycles. The molecule has 6 nitrogen and oxygen atoms in total. The smallest absolute Gasteiger partial charge is 0.341 e. The minimum absolute atomic E-state index is 0.0211. The highest BCUT2D eigenvalue weighted by Crippen LogP contribution is 2.22. The predicted molar refractivity (Wildman–Crippen MR) is 115 cm³/mol. The fraction of sp³-hybridized carbons (Fsp3) is 0.143. The summed E-state index contributed by atoms with van der Waals surface area (Å²) in [5.41, 5.74) is 0.891. The van der Waals surface area contributed by atoms with Gasteiger partial charge in [0.25, 0.3) is 0 Å². The monoisotopic (exact) mass is 464 g/mol. The van der Waals surface area contributed by atoms with E-state index in [9.17, 15) is 13.2 Å². The third-order valence-electron chi connectivity index (χ3n) is 4.24. The summed E-state index contributed by atoms with van der Waals surface area (Å²) in [6.45, 7) is -0.0211. The number of sulfonamides is 1. The van der Waals surface area contributed by atoms with E-state index < -0.39 is 22.0 Å². The van der Waals surface area contributed by atoms with Crippen molar-refractivity contribution in [1.82, 2.24) is 9.71 Å². The Balaban J connectivity index is 1.73. The highest BCUT2D eigenvalue weighted by molar-refractivity contribution is 7.89. The Morgan fingerprint density at radius 1 is 1.00 bits per heavy atom. The molecule has 2 aromatic carbocycles. The van der Waals surface area contributed by atoms with Gasteiger partial charge >= 0.3 is 5.97 Å². The topological polar surface area (TPSA) is 85.4 Å². The lowest BCUT2D eigenvalue weighted by Gasteiger charge is -2.19. The zero-order valence-corrected chi connectivity index (χ0v) is 18.0. The minimum atomic E-state index is -3.81. The first-order valence-corrected chi connectivity index (χ1v) is 11.2. The molecular formula is C21H18Cl2N2O4S. The summed E-state index contributed by atoms with van der Waals surface area (Å²) < 4.78 is 33.6. The molecule has 30 heavy (non-hydrogen) atoms.